The summed E-state index contributed by atoms with van der Waals surface area (Å²) in [7, 11) is 0. The molecule has 1 spiro atoms. The predicted molar refractivity (Wildman–Crippen MR) is 151 cm³/mol. The number of amides is 2. The zero-order chi connectivity index (χ0) is 24.1. The molecule has 0 unspecified atom stereocenters. The Hall–Kier alpha value is -1.34. The number of unbranched alkanes of at least 4 members (excludes halogenated alkanes) is 1. The highest BCUT2D eigenvalue weighted by Gasteiger charge is 2.53. The zero-order valence-corrected chi connectivity index (χ0v) is 24.0. The molecular formula is C28H46Cl2N4O2. The first-order valence-corrected chi connectivity index (χ1v) is 13.6. The molecule has 0 saturated carbocycles. The number of hydrogen-bond donors (Lipinski definition) is 1. The molecular weight excluding hydrogens is 495 g/mol. The van der Waals surface area contributed by atoms with Crippen LogP contribution in [0.4, 0.5) is 0 Å². The van der Waals surface area contributed by atoms with Crippen LogP contribution in [0.25, 0.3) is 0 Å². The van der Waals surface area contributed by atoms with E-state index in [4.69, 9.17) is 0 Å². The number of carbonyl (C=O) groups excluding carboxylic acids is 2. The molecule has 3 aliphatic rings. The Balaban J connectivity index is 0.00000228. The van der Waals surface area contributed by atoms with Gasteiger partial charge < -0.3 is 10.2 Å². The molecule has 0 bridgehead atoms. The molecule has 3 fully saturated rings. The average molecular weight is 542 g/mol. The zero-order valence-electron chi connectivity index (χ0n) is 22.3. The van der Waals surface area contributed by atoms with E-state index in [0.717, 1.165) is 51.9 Å². The van der Waals surface area contributed by atoms with E-state index >= 15 is 0 Å². The number of nitrogens with one attached hydrogen (secondary N) is 1. The van der Waals surface area contributed by atoms with Gasteiger partial charge in [-0.1, -0.05) is 51.5 Å². The first-order chi connectivity index (χ1) is 16.4. The minimum atomic E-state index is -0.671. The van der Waals surface area contributed by atoms with Crippen LogP contribution in [0, 0.1) is 5.92 Å². The first-order valence-electron chi connectivity index (χ1n) is 13.6. The minimum absolute atomic E-state index is 0. The predicted octanol–water partition coefficient (Wildman–Crippen LogP) is 4.63. The fourth-order valence-corrected chi connectivity index (χ4v) is 5.93. The Labute approximate surface area is 230 Å². The van der Waals surface area contributed by atoms with E-state index in [2.05, 4.69) is 60.2 Å². The number of piperidine rings is 1. The Bertz CT molecular complexity index is 834. The molecule has 0 aromatic heterocycles. The van der Waals surface area contributed by atoms with Crippen LogP contribution in [0.5, 0.6) is 0 Å². The van der Waals surface area contributed by atoms with Gasteiger partial charge in [0.15, 0.2) is 0 Å². The molecule has 2 amide bonds. The maximum Gasteiger partial charge on any atom is 0.246 e. The number of carbonyl (C=O) groups is 2. The highest BCUT2D eigenvalue weighted by atomic mass is 35.5. The maximum absolute atomic E-state index is 13.4. The lowest BCUT2D eigenvalue weighted by molar-refractivity contribution is -0.161. The molecule has 1 atom stereocenters. The van der Waals surface area contributed by atoms with Crippen LogP contribution < -0.4 is 5.32 Å². The van der Waals surface area contributed by atoms with Gasteiger partial charge in [-0.3, -0.25) is 19.4 Å². The quantitative estimate of drug-likeness (QED) is 0.495. The molecule has 0 aliphatic carbocycles. The van der Waals surface area contributed by atoms with E-state index in [1.54, 1.807) is 0 Å². The van der Waals surface area contributed by atoms with E-state index in [9.17, 15) is 9.59 Å². The van der Waals surface area contributed by atoms with Gasteiger partial charge in [0.25, 0.3) is 0 Å². The van der Waals surface area contributed by atoms with Gasteiger partial charge in [0.2, 0.25) is 11.8 Å². The molecule has 3 saturated heterocycles. The van der Waals surface area contributed by atoms with E-state index in [-0.39, 0.29) is 42.7 Å². The van der Waals surface area contributed by atoms with Crippen LogP contribution >= 0.6 is 24.8 Å². The number of hydrogen-bond acceptors (Lipinski definition) is 4. The Morgan fingerprint density at radius 2 is 1.44 bits per heavy atom. The summed E-state index contributed by atoms with van der Waals surface area (Å²) in [6.45, 7) is 13.1. The van der Waals surface area contributed by atoms with Crippen molar-refractivity contribution in [1.82, 2.24) is 20.0 Å². The van der Waals surface area contributed by atoms with Crippen molar-refractivity contribution in [3.05, 3.63) is 35.4 Å². The summed E-state index contributed by atoms with van der Waals surface area (Å²) < 4.78 is 0. The summed E-state index contributed by atoms with van der Waals surface area (Å²) in [5.74, 6) is 0.573. The summed E-state index contributed by atoms with van der Waals surface area (Å²) in [5, 5.41) is 3.11. The molecule has 0 radical (unpaired) electrons. The Morgan fingerprint density at radius 1 is 0.917 bits per heavy atom. The van der Waals surface area contributed by atoms with E-state index in [1.807, 2.05) is 4.90 Å². The SMILES string of the molecule is CCCCN1C(=O)[C@H](CC(C)C)NC(=O)C12CCN(Cc1ccc(CN3CCCC3)cc1)CC2.Cl.Cl. The molecule has 3 aliphatic heterocycles. The number of piperazine rings is 1. The van der Waals surface area contributed by atoms with Crippen molar-refractivity contribution in [2.75, 3.05) is 32.7 Å². The van der Waals surface area contributed by atoms with Crippen LogP contribution in [0.15, 0.2) is 24.3 Å². The van der Waals surface area contributed by atoms with Crippen molar-refractivity contribution in [3.63, 3.8) is 0 Å². The monoisotopic (exact) mass is 540 g/mol. The minimum Gasteiger partial charge on any atom is -0.342 e. The molecule has 4 rings (SSSR count). The van der Waals surface area contributed by atoms with Gasteiger partial charge in [0.1, 0.15) is 11.6 Å². The smallest absolute Gasteiger partial charge is 0.246 e. The van der Waals surface area contributed by atoms with Crippen molar-refractivity contribution in [2.45, 2.75) is 90.4 Å². The third-order valence-electron chi connectivity index (χ3n) is 7.97. The summed E-state index contributed by atoms with van der Waals surface area (Å²) in [6.07, 6.45) is 6.77. The average Bonchev–Trinajstić information content (AvgIpc) is 3.33. The van der Waals surface area contributed by atoms with E-state index < -0.39 is 5.54 Å². The number of halogens is 2. The largest absolute Gasteiger partial charge is 0.342 e. The first kappa shape index (κ1) is 30.9. The topological polar surface area (TPSA) is 55.9 Å². The summed E-state index contributed by atoms with van der Waals surface area (Å²) in [4.78, 5) is 33.7. The van der Waals surface area contributed by atoms with Crippen LogP contribution in [0.2, 0.25) is 0 Å². The normalized spacial score (nSPS) is 22.4. The molecule has 1 aromatic carbocycles. The second-order valence-corrected chi connectivity index (χ2v) is 11.1. The molecule has 1 N–H and O–H groups in total. The number of rotatable bonds is 9. The summed E-state index contributed by atoms with van der Waals surface area (Å²) >= 11 is 0. The fourth-order valence-electron chi connectivity index (χ4n) is 5.93. The van der Waals surface area contributed by atoms with Crippen LogP contribution in [-0.4, -0.2) is 70.8 Å². The summed E-state index contributed by atoms with van der Waals surface area (Å²) in [6, 6.07) is 8.70. The molecule has 3 heterocycles. The van der Waals surface area contributed by atoms with Crippen LogP contribution in [-0.2, 0) is 22.7 Å². The highest BCUT2D eigenvalue weighted by Crippen LogP contribution is 2.34. The fraction of sp³-hybridized carbons (Fsp3) is 0.714. The van der Waals surface area contributed by atoms with E-state index in [1.165, 1.54) is 37.1 Å². The molecule has 8 heteroatoms. The number of likely N-dealkylation sites (tertiary alicyclic amines) is 2. The number of nitrogens with zero attached hydrogens (tertiary/aromatic N) is 3. The summed E-state index contributed by atoms with van der Waals surface area (Å²) in [5.41, 5.74) is 2.05. The number of benzene rings is 1. The lowest BCUT2D eigenvalue weighted by Gasteiger charge is -2.52. The lowest BCUT2D eigenvalue weighted by Crippen LogP contribution is -2.73. The van der Waals surface area contributed by atoms with Gasteiger partial charge in [-0.05, 0) is 68.7 Å². The Morgan fingerprint density at radius 3 is 1.94 bits per heavy atom. The van der Waals surface area contributed by atoms with Crippen LogP contribution in [0.3, 0.4) is 0 Å². The highest BCUT2D eigenvalue weighted by molar-refractivity contribution is 6.00. The van der Waals surface area contributed by atoms with Crippen molar-refractivity contribution in [3.8, 4) is 0 Å². The molecule has 36 heavy (non-hydrogen) atoms. The van der Waals surface area contributed by atoms with Gasteiger partial charge in [0, 0.05) is 32.7 Å². The third-order valence-corrected chi connectivity index (χ3v) is 7.97. The molecule has 204 valence electrons. The maximum atomic E-state index is 13.4. The third kappa shape index (κ3) is 7.15. The lowest BCUT2D eigenvalue weighted by atomic mass is 9.80. The van der Waals surface area contributed by atoms with Crippen molar-refractivity contribution >= 4 is 36.6 Å². The Kier molecular flexibility index (Phi) is 12.0. The molecule has 6 nitrogen and oxygen atoms in total. The van der Waals surface area contributed by atoms with Gasteiger partial charge in [-0.15, -0.1) is 24.8 Å². The van der Waals surface area contributed by atoms with Gasteiger partial charge in [-0.25, -0.2) is 0 Å². The van der Waals surface area contributed by atoms with Crippen LogP contribution in [0.1, 0.15) is 76.8 Å². The standard InChI is InChI=1S/C28H44N4O2.2ClH/c1-4-5-16-32-26(33)25(19-22(2)3)29-27(34)28(32)12-17-31(18-13-28)21-24-10-8-23(9-11-24)20-30-14-6-7-15-30;;/h8-11,22,25H,4-7,12-21H2,1-3H3,(H,29,34);2*1H/t25-;;/m0../s1. The second kappa shape index (κ2) is 14.0. The second-order valence-electron chi connectivity index (χ2n) is 11.1. The van der Waals surface area contributed by atoms with Crippen molar-refractivity contribution in [1.29, 1.82) is 0 Å². The van der Waals surface area contributed by atoms with Crippen molar-refractivity contribution in [2.24, 2.45) is 5.92 Å². The van der Waals surface area contributed by atoms with Crippen molar-refractivity contribution < 1.29 is 9.59 Å². The van der Waals surface area contributed by atoms with Gasteiger partial charge in [-0.2, -0.15) is 0 Å². The van der Waals surface area contributed by atoms with Gasteiger partial charge >= 0.3 is 0 Å². The molecule has 1 aromatic rings. The van der Waals surface area contributed by atoms with Gasteiger partial charge in [0.05, 0.1) is 0 Å². The van der Waals surface area contributed by atoms with E-state index in [0.29, 0.717) is 18.9 Å².